The number of thiazole rings is 1. The van der Waals surface area contributed by atoms with Crippen molar-refractivity contribution in [2.45, 2.75) is 11.8 Å². The Morgan fingerprint density at radius 1 is 1.10 bits per heavy atom. The average molecular weight is 445 g/mol. The van der Waals surface area contributed by atoms with E-state index in [4.69, 9.17) is 0 Å². The molecular formula is C20H16N2O4S3. The zero-order chi connectivity index (χ0) is 20.6. The molecule has 4 aromatic rings. The molecule has 0 bridgehead atoms. The lowest BCUT2D eigenvalue weighted by Crippen LogP contribution is -2.15. The Kier molecular flexibility index (Phi) is 5.12. The number of anilines is 1. The number of carbonyl (C=O) groups is 1. The molecule has 4 rings (SSSR count). The summed E-state index contributed by atoms with van der Waals surface area (Å²) >= 11 is 2.61. The fourth-order valence-electron chi connectivity index (χ4n) is 2.80. The van der Waals surface area contributed by atoms with Gasteiger partial charge in [0.15, 0.2) is 0 Å². The minimum Gasteiger partial charge on any atom is -0.465 e. The summed E-state index contributed by atoms with van der Waals surface area (Å²) in [5.74, 6) is -0.679. The van der Waals surface area contributed by atoms with Gasteiger partial charge in [-0.05, 0) is 60.3 Å². The molecule has 2 heterocycles. The van der Waals surface area contributed by atoms with E-state index in [1.54, 1.807) is 28.8 Å². The van der Waals surface area contributed by atoms with Crippen LogP contribution >= 0.6 is 22.7 Å². The molecule has 0 radical (unpaired) electrons. The van der Waals surface area contributed by atoms with Crippen molar-refractivity contribution in [3.05, 3.63) is 64.4 Å². The Labute approximate surface area is 175 Å². The number of fused-ring (bicyclic) bond motifs is 1. The van der Waals surface area contributed by atoms with Crippen LogP contribution in [0.15, 0.2) is 58.8 Å². The molecule has 0 aliphatic rings. The van der Waals surface area contributed by atoms with Gasteiger partial charge in [0.2, 0.25) is 0 Å². The standard InChI is InChI=1S/C20H16N2O4S3/c1-12-3-8-15-16(11-12)28-19(21-15)13-4-6-14(7-5-13)22-29(24,25)17-9-10-27-18(17)20(23)26-2/h3-11,22H,1-2H3. The number of aryl methyl sites for hydroxylation is 1. The van der Waals surface area contributed by atoms with E-state index >= 15 is 0 Å². The molecule has 0 atom stereocenters. The first kappa shape index (κ1) is 19.6. The van der Waals surface area contributed by atoms with Crippen LogP contribution in [0.25, 0.3) is 20.8 Å². The third kappa shape index (κ3) is 3.89. The van der Waals surface area contributed by atoms with Gasteiger partial charge in [0, 0.05) is 11.3 Å². The summed E-state index contributed by atoms with van der Waals surface area (Å²) in [5, 5.41) is 2.41. The molecule has 0 spiro atoms. The first-order valence-electron chi connectivity index (χ1n) is 8.53. The van der Waals surface area contributed by atoms with Crippen LogP contribution in [0, 0.1) is 6.92 Å². The summed E-state index contributed by atoms with van der Waals surface area (Å²) < 4.78 is 33.6. The lowest BCUT2D eigenvalue weighted by molar-refractivity contribution is 0.0602. The number of hydrogen-bond donors (Lipinski definition) is 1. The van der Waals surface area contributed by atoms with Crippen molar-refractivity contribution in [1.29, 1.82) is 0 Å². The van der Waals surface area contributed by atoms with Gasteiger partial charge in [-0.1, -0.05) is 6.07 Å². The molecular weight excluding hydrogens is 428 g/mol. The van der Waals surface area contributed by atoms with Crippen LogP contribution in [-0.2, 0) is 14.8 Å². The van der Waals surface area contributed by atoms with Gasteiger partial charge in [-0.3, -0.25) is 4.72 Å². The summed E-state index contributed by atoms with van der Waals surface area (Å²) in [6.45, 7) is 2.04. The molecule has 1 N–H and O–H groups in total. The molecule has 0 fully saturated rings. The zero-order valence-electron chi connectivity index (χ0n) is 15.5. The van der Waals surface area contributed by atoms with Gasteiger partial charge in [0.25, 0.3) is 10.0 Å². The van der Waals surface area contributed by atoms with Crippen LogP contribution in [0.4, 0.5) is 5.69 Å². The van der Waals surface area contributed by atoms with Gasteiger partial charge in [0.05, 0.1) is 17.3 Å². The molecule has 2 aromatic heterocycles. The maximum atomic E-state index is 12.7. The van der Waals surface area contributed by atoms with Crippen molar-refractivity contribution >= 4 is 54.6 Å². The summed E-state index contributed by atoms with van der Waals surface area (Å²) in [4.78, 5) is 16.4. The van der Waals surface area contributed by atoms with E-state index in [1.807, 2.05) is 31.2 Å². The molecule has 0 saturated carbocycles. The molecule has 0 aliphatic carbocycles. The summed E-state index contributed by atoms with van der Waals surface area (Å²) in [5.41, 5.74) is 3.41. The molecule has 0 amide bonds. The van der Waals surface area contributed by atoms with E-state index in [1.165, 1.54) is 18.7 Å². The molecule has 0 saturated heterocycles. The highest BCUT2D eigenvalue weighted by atomic mass is 32.2. The first-order valence-corrected chi connectivity index (χ1v) is 11.7. The minimum atomic E-state index is -3.91. The van der Waals surface area contributed by atoms with Crippen LogP contribution in [-0.4, -0.2) is 26.5 Å². The number of nitrogens with one attached hydrogen (secondary N) is 1. The summed E-state index contributed by atoms with van der Waals surface area (Å²) in [7, 11) is -2.70. The Hall–Kier alpha value is -2.75. The predicted octanol–water partition coefficient (Wildman–Crippen LogP) is 4.92. The smallest absolute Gasteiger partial charge is 0.349 e. The number of thiophene rings is 1. The second kappa shape index (κ2) is 7.58. The number of methoxy groups -OCH3 is 1. The highest BCUT2D eigenvalue weighted by molar-refractivity contribution is 7.93. The fourth-order valence-corrected chi connectivity index (χ4v) is 6.26. The number of aromatic nitrogens is 1. The second-order valence-electron chi connectivity index (χ2n) is 6.28. The quantitative estimate of drug-likeness (QED) is 0.442. The van der Waals surface area contributed by atoms with Crippen molar-refractivity contribution in [2.75, 3.05) is 11.8 Å². The Morgan fingerprint density at radius 2 is 1.86 bits per heavy atom. The minimum absolute atomic E-state index is 0.0430. The number of rotatable bonds is 5. The second-order valence-corrected chi connectivity index (χ2v) is 9.88. The Balaban J connectivity index is 1.59. The number of esters is 1. The SMILES string of the molecule is COC(=O)c1sccc1S(=O)(=O)Nc1ccc(-c2nc3ccc(C)cc3s2)cc1. The summed E-state index contributed by atoms with van der Waals surface area (Å²) in [6.07, 6.45) is 0. The molecule has 2 aromatic carbocycles. The van der Waals surface area contributed by atoms with Gasteiger partial charge in [-0.15, -0.1) is 22.7 Å². The molecule has 148 valence electrons. The highest BCUT2D eigenvalue weighted by Crippen LogP contribution is 2.32. The van der Waals surface area contributed by atoms with E-state index in [-0.39, 0.29) is 9.77 Å². The third-order valence-corrected chi connectivity index (χ3v) is 7.73. The van der Waals surface area contributed by atoms with E-state index in [0.29, 0.717) is 5.69 Å². The lowest BCUT2D eigenvalue weighted by Gasteiger charge is -2.08. The maximum Gasteiger partial charge on any atom is 0.349 e. The maximum absolute atomic E-state index is 12.7. The van der Waals surface area contributed by atoms with Gasteiger partial charge >= 0.3 is 5.97 Å². The van der Waals surface area contributed by atoms with Crippen LogP contribution in [0.2, 0.25) is 0 Å². The number of carbonyl (C=O) groups excluding carboxylic acids is 1. The number of nitrogens with zero attached hydrogens (tertiary/aromatic N) is 1. The van der Waals surface area contributed by atoms with Gasteiger partial charge in [-0.25, -0.2) is 18.2 Å². The van der Waals surface area contributed by atoms with Crippen LogP contribution in [0.1, 0.15) is 15.2 Å². The predicted molar refractivity (Wildman–Crippen MR) is 116 cm³/mol. The first-order chi connectivity index (χ1) is 13.9. The third-order valence-electron chi connectivity index (χ3n) is 4.22. The van der Waals surface area contributed by atoms with Crippen molar-refractivity contribution in [3.63, 3.8) is 0 Å². The monoisotopic (exact) mass is 444 g/mol. The van der Waals surface area contributed by atoms with E-state index < -0.39 is 16.0 Å². The van der Waals surface area contributed by atoms with Crippen molar-refractivity contribution in [3.8, 4) is 10.6 Å². The van der Waals surface area contributed by atoms with Crippen LogP contribution in [0.3, 0.4) is 0 Å². The van der Waals surface area contributed by atoms with E-state index in [9.17, 15) is 13.2 Å². The van der Waals surface area contributed by atoms with Crippen LogP contribution in [0.5, 0.6) is 0 Å². The number of sulfonamides is 1. The molecule has 6 nitrogen and oxygen atoms in total. The average Bonchev–Trinajstić information content (AvgIpc) is 3.35. The normalized spacial score (nSPS) is 11.5. The number of ether oxygens (including phenoxy) is 1. The molecule has 0 unspecified atom stereocenters. The zero-order valence-corrected chi connectivity index (χ0v) is 18.0. The van der Waals surface area contributed by atoms with Gasteiger partial charge in [0.1, 0.15) is 14.8 Å². The molecule has 29 heavy (non-hydrogen) atoms. The number of hydrogen-bond acceptors (Lipinski definition) is 7. The Bertz CT molecular complexity index is 1310. The van der Waals surface area contributed by atoms with Crippen LogP contribution < -0.4 is 4.72 Å². The topological polar surface area (TPSA) is 85.4 Å². The lowest BCUT2D eigenvalue weighted by atomic mass is 10.2. The van der Waals surface area contributed by atoms with Crippen molar-refractivity contribution in [2.24, 2.45) is 0 Å². The van der Waals surface area contributed by atoms with E-state index in [2.05, 4.69) is 20.5 Å². The van der Waals surface area contributed by atoms with Gasteiger partial charge < -0.3 is 4.74 Å². The molecule has 9 heteroatoms. The van der Waals surface area contributed by atoms with Crippen molar-refractivity contribution in [1.82, 2.24) is 4.98 Å². The number of benzene rings is 2. The van der Waals surface area contributed by atoms with Crippen molar-refractivity contribution < 1.29 is 17.9 Å². The van der Waals surface area contributed by atoms with E-state index in [0.717, 1.165) is 32.1 Å². The Morgan fingerprint density at radius 3 is 2.59 bits per heavy atom. The summed E-state index contributed by atoms with van der Waals surface area (Å²) in [6, 6.07) is 14.5. The highest BCUT2D eigenvalue weighted by Gasteiger charge is 2.24. The van der Waals surface area contributed by atoms with Gasteiger partial charge in [-0.2, -0.15) is 0 Å². The molecule has 0 aliphatic heterocycles. The largest absolute Gasteiger partial charge is 0.465 e. The fraction of sp³-hybridized carbons (Fsp3) is 0.100.